The number of nitrogens with two attached hydrogens (primary N) is 1. The number of ether oxygens (including phenoxy) is 1. The van der Waals surface area contributed by atoms with Gasteiger partial charge in [0.1, 0.15) is 11.5 Å². The molecule has 1 aromatic heterocycles. The van der Waals surface area contributed by atoms with Crippen molar-refractivity contribution >= 4 is 23.4 Å². The lowest BCUT2D eigenvalue weighted by Crippen LogP contribution is -2.51. The second-order valence-electron chi connectivity index (χ2n) is 6.61. The SMILES string of the molecule is CCn1cc(Cl)c(C(=O)Cc2ccc(F)c([C@@]3(C)N=C(N)OCC3(F)F)c2)n1. The number of aromatic nitrogens is 2. The number of ketones is 1. The van der Waals surface area contributed by atoms with Crippen molar-refractivity contribution in [2.24, 2.45) is 10.7 Å². The Balaban J connectivity index is 1.97. The molecule has 0 bridgehead atoms. The average Bonchev–Trinajstić information content (AvgIpc) is 3.01. The van der Waals surface area contributed by atoms with Gasteiger partial charge in [-0.25, -0.2) is 9.38 Å². The van der Waals surface area contributed by atoms with Crippen molar-refractivity contribution in [1.82, 2.24) is 9.78 Å². The molecule has 0 radical (unpaired) electrons. The standard InChI is InChI=1S/C18H18ClF3N4O2/c1-3-26-8-12(19)15(25-26)14(27)7-10-4-5-13(20)11(6-10)17(2)18(21,22)9-28-16(23)24-17/h4-6,8H,3,7,9H2,1-2H3,(H2,23,24)/t17-/m1/s1. The van der Waals surface area contributed by atoms with Crippen LogP contribution >= 0.6 is 11.6 Å². The van der Waals surface area contributed by atoms with Crippen molar-refractivity contribution in [3.05, 3.63) is 52.1 Å². The molecule has 28 heavy (non-hydrogen) atoms. The molecule has 1 atom stereocenters. The van der Waals surface area contributed by atoms with E-state index in [1.165, 1.54) is 23.0 Å². The number of carbonyl (C=O) groups is 1. The Hall–Kier alpha value is -2.55. The molecule has 0 amide bonds. The zero-order valence-corrected chi connectivity index (χ0v) is 15.9. The predicted octanol–water partition coefficient (Wildman–Crippen LogP) is 3.32. The third kappa shape index (κ3) is 3.46. The molecule has 3 rings (SSSR count). The number of hydrogen-bond donors (Lipinski definition) is 1. The number of hydrogen-bond acceptors (Lipinski definition) is 5. The van der Waals surface area contributed by atoms with Crippen LogP contribution in [-0.2, 0) is 23.2 Å². The van der Waals surface area contributed by atoms with Crippen LogP contribution in [0.15, 0.2) is 29.4 Å². The predicted molar refractivity (Wildman–Crippen MR) is 97.2 cm³/mol. The number of Topliss-reactive ketones (excluding diaryl/α,β-unsaturated/α-hetero) is 1. The van der Waals surface area contributed by atoms with Gasteiger partial charge in [-0.1, -0.05) is 17.7 Å². The number of carbonyl (C=O) groups excluding carboxylic acids is 1. The third-order valence-corrected chi connectivity index (χ3v) is 4.95. The number of rotatable bonds is 5. The highest BCUT2D eigenvalue weighted by atomic mass is 35.5. The van der Waals surface area contributed by atoms with Gasteiger partial charge in [-0.05, 0) is 31.5 Å². The van der Waals surface area contributed by atoms with Crippen molar-refractivity contribution in [1.29, 1.82) is 0 Å². The Labute approximate surface area is 164 Å². The Morgan fingerprint density at radius 3 is 2.79 bits per heavy atom. The van der Waals surface area contributed by atoms with Crippen molar-refractivity contribution in [2.75, 3.05) is 6.61 Å². The molecular formula is C18H18ClF3N4O2. The second-order valence-corrected chi connectivity index (χ2v) is 7.02. The molecule has 0 spiro atoms. The zero-order chi connectivity index (χ0) is 20.7. The topological polar surface area (TPSA) is 82.5 Å². The van der Waals surface area contributed by atoms with E-state index in [0.717, 1.165) is 13.0 Å². The summed E-state index contributed by atoms with van der Waals surface area (Å²) in [6.07, 6.45) is 1.33. The first-order chi connectivity index (χ1) is 13.1. The normalized spacial score (nSPS) is 21.1. The molecule has 1 aliphatic rings. The van der Waals surface area contributed by atoms with Crippen LogP contribution in [0.4, 0.5) is 13.2 Å². The Morgan fingerprint density at radius 2 is 2.14 bits per heavy atom. The molecule has 2 aromatic rings. The summed E-state index contributed by atoms with van der Waals surface area (Å²) in [5.74, 6) is -4.80. The lowest BCUT2D eigenvalue weighted by molar-refractivity contribution is -0.117. The van der Waals surface area contributed by atoms with E-state index >= 15 is 0 Å². The molecule has 0 fully saturated rings. The van der Waals surface area contributed by atoms with Gasteiger partial charge in [0.25, 0.3) is 6.02 Å². The molecule has 1 aliphatic heterocycles. The van der Waals surface area contributed by atoms with Crippen LogP contribution in [-0.4, -0.2) is 34.1 Å². The van der Waals surface area contributed by atoms with Crippen LogP contribution in [0, 0.1) is 5.82 Å². The maximum Gasteiger partial charge on any atom is 0.310 e. The minimum absolute atomic E-state index is 0.0688. The first-order valence-corrected chi connectivity index (χ1v) is 8.86. The van der Waals surface area contributed by atoms with E-state index in [2.05, 4.69) is 14.8 Å². The van der Waals surface area contributed by atoms with Gasteiger partial charge in [-0.15, -0.1) is 0 Å². The number of alkyl halides is 2. The lowest BCUT2D eigenvalue weighted by atomic mass is 9.84. The number of amidine groups is 1. The van der Waals surface area contributed by atoms with Crippen LogP contribution in [0.2, 0.25) is 5.02 Å². The summed E-state index contributed by atoms with van der Waals surface area (Å²) in [6, 6.07) is 3.10. The summed E-state index contributed by atoms with van der Waals surface area (Å²) in [5, 5.41) is 4.28. The maximum atomic E-state index is 14.5. The van der Waals surface area contributed by atoms with E-state index < -0.39 is 35.7 Å². The minimum Gasteiger partial charge on any atom is -0.459 e. The highest BCUT2D eigenvalue weighted by Crippen LogP contribution is 2.44. The van der Waals surface area contributed by atoms with Crippen LogP contribution in [0.1, 0.15) is 35.5 Å². The molecule has 6 nitrogen and oxygen atoms in total. The first kappa shape index (κ1) is 20.2. The highest BCUT2D eigenvalue weighted by Gasteiger charge is 2.56. The quantitative estimate of drug-likeness (QED) is 0.761. The van der Waals surface area contributed by atoms with E-state index in [1.807, 2.05) is 6.92 Å². The van der Waals surface area contributed by atoms with Crippen LogP contribution in [0.3, 0.4) is 0 Å². The highest BCUT2D eigenvalue weighted by molar-refractivity contribution is 6.33. The largest absolute Gasteiger partial charge is 0.459 e. The molecule has 10 heteroatoms. The van der Waals surface area contributed by atoms with E-state index in [-0.39, 0.29) is 22.7 Å². The summed E-state index contributed by atoms with van der Waals surface area (Å²) < 4.78 is 49.5. The molecular weight excluding hydrogens is 397 g/mol. The Morgan fingerprint density at radius 1 is 1.43 bits per heavy atom. The van der Waals surface area contributed by atoms with E-state index in [0.29, 0.717) is 12.1 Å². The van der Waals surface area contributed by atoms with Crippen LogP contribution < -0.4 is 5.73 Å². The molecule has 2 heterocycles. The summed E-state index contributed by atoms with van der Waals surface area (Å²) in [5.41, 5.74) is 3.19. The van der Waals surface area contributed by atoms with Gasteiger partial charge in [0.2, 0.25) is 0 Å². The Kier molecular flexibility index (Phi) is 5.14. The fourth-order valence-electron chi connectivity index (χ4n) is 2.97. The summed E-state index contributed by atoms with van der Waals surface area (Å²) in [7, 11) is 0. The van der Waals surface area contributed by atoms with Crippen LogP contribution in [0.25, 0.3) is 0 Å². The van der Waals surface area contributed by atoms with Crippen molar-refractivity contribution < 1.29 is 22.7 Å². The minimum atomic E-state index is -3.50. The molecule has 150 valence electrons. The summed E-state index contributed by atoms with van der Waals surface area (Å²) in [4.78, 5) is 16.2. The number of aryl methyl sites for hydroxylation is 1. The smallest absolute Gasteiger partial charge is 0.310 e. The van der Waals surface area contributed by atoms with Crippen molar-refractivity contribution in [3.63, 3.8) is 0 Å². The lowest BCUT2D eigenvalue weighted by Gasteiger charge is -2.37. The van der Waals surface area contributed by atoms with Gasteiger partial charge in [-0.3, -0.25) is 9.48 Å². The summed E-state index contributed by atoms with van der Waals surface area (Å²) in [6.45, 7) is 2.42. The van der Waals surface area contributed by atoms with Gasteiger partial charge in [0.15, 0.2) is 17.9 Å². The molecule has 0 aliphatic carbocycles. The van der Waals surface area contributed by atoms with Crippen molar-refractivity contribution in [2.45, 2.75) is 38.3 Å². The van der Waals surface area contributed by atoms with E-state index in [9.17, 15) is 18.0 Å². The molecule has 2 N–H and O–H groups in total. The van der Waals surface area contributed by atoms with E-state index in [4.69, 9.17) is 17.3 Å². The van der Waals surface area contributed by atoms with Gasteiger partial charge in [0, 0.05) is 24.7 Å². The monoisotopic (exact) mass is 414 g/mol. The second kappa shape index (κ2) is 7.12. The third-order valence-electron chi connectivity index (χ3n) is 4.67. The van der Waals surface area contributed by atoms with Gasteiger partial charge in [0.05, 0.1) is 5.02 Å². The number of benzene rings is 1. The van der Waals surface area contributed by atoms with Gasteiger partial charge >= 0.3 is 5.92 Å². The molecule has 0 unspecified atom stereocenters. The molecule has 0 saturated heterocycles. The van der Waals surface area contributed by atoms with Gasteiger partial charge in [-0.2, -0.15) is 13.9 Å². The van der Waals surface area contributed by atoms with Crippen LogP contribution in [0.5, 0.6) is 0 Å². The fourth-order valence-corrected chi connectivity index (χ4v) is 3.23. The molecule has 1 aromatic carbocycles. The number of halogens is 4. The van der Waals surface area contributed by atoms with E-state index in [1.54, 1.807) is 0 Å². The Bertz CT molecular complexity index is 960. The number of nitrogens with zero attached hydrogens (tertiary/aromatic N) is 3. The number of aliphatic imine (C=N–C) groups is 1. The zero-order valence-electron chi connectivity index (χ0n) is 15.2. The average molecular weight is 415 g/mol. The first-order valence-electron chi connectivity index (χ1n) is 8.48. The fraction of sp³-hybridized carbons (Fsp3) is 0.389. The van der Waals surface area contributed by atoms with Gasteiger partial charge < -0.3 is 10.5 Å². The molecule has 0 saturated carbocycles. The van der Waals surface area contributed by atoms with Crippen molar-refractivity contribution in [3.8, 4) is 0 Å². The maximum absolute atomic E-state index is 14.5. The summed E-state index contributed by atoms with van der Waals surface area (Å²) >= 11 is 6.03.